The highest BCUT2D eigenvalue weighted by atomic mass is 14.9. The number of benzene rings is 3. The van der Waals surface area contributed by atoms with E-state index >= 15 is 0 Å². The lowest BCUT2D eigenvalue weighted by molar-refractivity contribution is 0.962. The molecule has 3 heteroatoms. The summed E-state index contributed by atoms with van der Waals surface area (Å²) in [6.07, 6.45) is 5.72. The summed E-state index contributed by atoms with van der Waals surface area (Å²) < 4.78 is 0. The second-order valence-electron chi connectivity index (χ2n) is 7.54. The zero-order chi connectivity index (χ0) is 20.2. The van der Waals surface area contributed by atoms with E-state index in [1.807, 2.05) is 24.5 Å². The number of hydrogen-bond acceptors (Lipinski definition) is 3. The highest BCUT2D eigenvalue weighted by molar-refractivity contribution is 5.90. The molecule has 2 heterocycles. The lowest BCUT2D eigenvalue weighted by Crippen LogP contribution is -2.01. The first-order chi connectivity index (χ1) is 14.9. The first-order valence-electron chi connectivity index (χ1n) is 10.3. The van der Waals surface area contributed by atoms with Crippen LogP contribution in [0.2, 0.25) is 0 Å². The number of fused-ring (bicyclic) bond motifs is 2. The van der Waals surface area contributed by atoms with Crippen molar-refractivity contribution in [2.75, 3.05) is 5.32 Å². The molecule has 1 N–H and O–H groups in total. The Hall–Kier alpha value is -3.72. The third kappa shape index (κ3) is 3.87. The Morgan fingerprint density at radius 3 is 2.00 bits per heavy atom. The Morgan fingerprint density at radius 2 is 1.20 bits per heavy atom. The number of nitrogens with one attached hydrogen (secondary N) is 1. The SMILES string of the molecule is c1cnc2c(CCc3ccc(CNc4cccc5cccnc45)cc3)cccc2c1. The molecule has 5 aromatic rings. The molecule has 0 unspecified atom stereocenters. The summed E-state index contributed by atoms with van der Waals surface area (Å²) in [5.74, 6) is 0. The number of rotatable bonds is 6. The molecule has 3 aromatic carbocycles. The second kappa shape index (κ2) is 8.34. The molecule has 0 aliphatic rings. The molecule has 0 atom stereocenters. The van der Waals surface area contributed by atoms with E-state index in [1.165, 1.54) is 22.1 Å². The minimum Gasteiger partial charge on any atom is -0.379 e. The van der Waals surface area contributed by atoms with Crippen molar-refractivity contribution in [2.24, 2.45) is 0 Å². The lowest BCUT2D eigenvalue weighted by Gasteiger charge is -2.10. The zero-order valence-corrected chi connectivity index (χ0v) is 16.8. The van der Waals surface area contributed by atoms with Crippen LogP contribution in [-0.4, -0.2) is 9.97 Å². The van der Waals surface area contributed by atoms with Crippen LogP contribution in [0.3, 0.4) is 0 Å². The fourth-order valence-electron chi connectivity index (χ4n) is 3.92. The van der Waals surface area contributed by atoms with Gasteiger partial charge in [0.15, 0.2) is 0 Å². The second-order valence-corrected chi connectivity index (χ2v) is 7.54. The molecule has 2 aromatic heterocycles. The standard InChI is InChI=1S/C27H23N3/c1-5-22-8-3-17-28-26(22)24(6-1)16-15-20-11-13-21(14-12-20)19-30-25-10-2-7-23-9-4-18-29-27(23)25/h1-14,17-18,30H,15-16,19H2. The van der Waals surface area contributed by atoms with Gasteiger partial charge < -0.3 is 5.32 Å². The minimum atomic E-state index is 0.781. The topological polar surface area (TPSA) is 37.8 Å². The van der Waals surface area contributed by atoms with E-state index in [1.54, 1.807) is 0 Å². The fourth-order valence-corrected chi connectivity index (χ4v) is 3.92. The first kappa shape index (κ1) is 18.3. The van der Waals surface area contributed by atoms with Crippen LogP contribution in [0, 0.1) is 0 Å². The van der Waals surface area contributed by atoms with Crippen molar-refractivity contribution in [1.82, 2.24) is 9.97 Å². The number of pyridine rings is 2. The summed E-state index contributed by atoms with van der Waals surface area (Å²) in [5, 5.41) is 5.89. The Labute approximate surface area is 176 Å². The van der Waals surface area contributed by atoms with Gasteiger partial charge in [0.25, 0.3) is 0 Å². The molecule has 0 bridgehead atoms. The molecule has 0 aliphatic carbocycles. The maximum Gasteiger partial charge on any atom is 0.0933 e. The van der Waals surface area contributed by atoms with Crippen LogP contribution in [0.1, 0.15) is 16.7 Å². The fraction of sp³-hybridized carbons (Fsp3) is 0.111. The quantitative estimate of drug-likeness (QED) is 0.377. The molecule has 0 spiro atoms. The van der Waals surface area contributed by atoms with Crippen LogP contribution in [0.5, 0.6) is 0 Å². The van der Waals surface area contributed by atoms with E-state index in [0.29, 0.717) is 0 Å². The number of aryl methyl sites for hydroxylation is 2. The molecule has 0 saturated heterocycles. The van der Waals surface area contributed by atoms with Gasteiger partial charge in [-0.05, 0) is 47.7 Å². The average molecular weight is 390 g/mol. The Bertz CT molecular complexity index is 1180. The normalized spacial score (nSPS) is 11.1. The molecule has 0 aliphatic heterocycles. The average Bonchev–Trinajstić information content (AvgIpc) is 2.82. The van der Waals surface area contributed by atoms with Gasteiger partial charge in [-0.25, -0.2) is 0 Å². The predicted octanol–water partition coefficient (Wildman–Crippen LogP) is 6.18. The number of anilines is 1. The zero-order valence-electron chi connectivity index (χ0n) is 16.8. The Kier molecular flexibility index (Phi) is 5.09. The van der Waals surface area contributed by atoms with Crippen molar-refractivity contribution in [3.05, 3.63) is 114 Å². The summed E-state index contributed by atoms with van der Waals surface area (Å²) in [4.78, 5) is 9.08. The molecule has 0 amide bonds. The van der Waals surface area contributed by atoms with Crippen LogP contribution in [-0.2, 0) is 19.4 Å². The van der Waals surface area contributed by atoms with Gasteiger partial charge in [-0.1, -0.05) is 66.7 Å². The smallest absolute Gasteiger partial charge is 0.0933 e. The molecular formula is C27H23N3. The Balaban J connectivity index is 1.24. The van der Waals surface area contributed by atoms with Crippen molar-refractivity contribution in [2.45, 2.75) is 19.4 Å². The van der Waals surface area contributed by atoms with Crippen molar-refractivity contribution in [1.29, 1.82) is 0 Å². The maximum absolute atomic E-state index is 4.57. The highest BCUT2D eigenvalue weighted by Crippen LogP contribution is 2.22. The lowest BCUT2D eigenvalue weighted by atomic mass is 10.0. The van der Waals surface area contributed by atoms with Gasteiger partial charge in [-0.15, -0.1) is 0 Å². The van der Waals surface area contributed by atoms with E-state index in [2.05, 4.69) is 88.1 Å². The van der Waals surface area contributed by atoms with E-state index in [0.717, 1.165) is 41.5 Å². The molecule has 146 valence electrons. The van der Waals surface area contributed by atoms with Gasteiger partial charge in [0.05, 0.1) is 16.7 Å². The van der Waals surface area contributed by atoms with Crippen LogP contribution in [0.15, 0.2) is 97.3 Å². The minimum absolute atomic E-state index is 0.781. The predicted molar refractivity (Wildman–Crippen MR) is 125 cm³/mol. The third-order valence-electron chi connectivity index (χ3n) is 5.54. The van der Waals surface area contributed by atoms with Gasteiger partial charge in [-0.2, -0.15) is 0 Å². The van der Waals surface area contributed by atoms with Gasteiger partial charge in [0.1, 0.15) is 0 Å². The summed E-state index contributed by atoms with van der Waals surface area (Å²) >= 11 is 0. The third-order valence-corrected chi connectivity index (χ3v) is 5.54. The molecule has 0 radical (unpaired) electrons. The molecule has 3 nitrogen and oxygen atoms in total. The maximum atomic E-state index is 4.57. The van der Waals surface area contributed by atoms with Gasteiger partial charge in [0, 0.05) is 29.7 Å². The largest absolute Gasteiger partial charge is 0.379 e. The number of nitrogens with zero attached hydrogens (tertiary/aromatic N) is 2. The van der Waals surface area contributed by atoms with Crippen LogP contribution < -0.4 is 5.32 Å². The molecule has 5 rings (SSSR count). The van der Waals surface area contributed by atoms with E-state index in [-0.39, 0.29) is 0 Å². The summed E-state index contributed by atoms with van der Waals surface area (Å²) in [7, 11) is 0. The van der Waals surface area contributed by atoms with E-state index < -0.39 is 0 Å². The highest BCUT2D eigenvalue weighted by Gasteiger charge is 2.04. The Morgan fingerprint density at radius 1 is 0.567 bits per heavy atom. The molecule has 30 heavy (non-hydrogen) atoms. The number of para-hydroxylation sites is 2. The van der Waals surface area contributed by atoms with Crippen LogP contribution in [0.25, 0.3) is 21.8 Å². The van der Waals surface area contributed by atoms with Gasteiger partial charge >= 0.3 is 0 Å². The van der Waals surface area contributed by atoms with Crippen molar-refractivity contribution in [3.63, 3.8) is 0 Å². The monoisotopic (exact) mass is 389 g/mol. The van der Waals surface area contributed by atoms with Crippen LogP contribution in [0.4, 0.5) is 5.69 Å². The van der Waals surface area contributed by atoms with Crippen LogP contribution >= 0.6 is 0 Å². The first-order valence-corrected chi connectivity index (χ1v) is 10.3. The summed E-state index contributed by atoms with van der Waals surface area (Å²) in [5.41, 5.74) is 7.12. The van der Waals surface area contributed by atoms with Crippen molar-refractivity contribution in [3.8, 4) is 0 Å². The summed E-state index contributed by atoms with van der Waals surface area (Å²) in [6, 6.07) is 29.7. The summed E-state index contributed by atoms with van der Waals surface area (Å²) in [6.45, 7) is 0.781. The number of hydrogen-bond donors (Lipinski definition) is 1. The van der Waals surface area contributed by atoms with E-state index in [4.69, 9.17) is 0 Å². The van der Waals surface area contributed by atoms with Crippen molar-refractivity contribution < 1.29 is 0 Å². The number of aromatic nitrogens is 2. The van der Waals surface area contributed by atoms with Gasteiger partial charge in [-0.3, -0.25) is 9.97 Å². The van der Waals surface area contributed by atoms with E-state index in [9.17, 15) is 0 Å². The van der Waals surface area contributed by atoms with Crippen molar-refractivity contribution >= 4 is 27.5 Å². The van der Waals surface area contributed by atoms with Gasteiger partial charge in [0.2, 0.25) is 0 Å². The molecule has 0 saturated carbocycles. The molecular weight excluding hydrogens is 366 g/mol. The molecule has 0 fully saturated rings.